The maximum absolute atomic E-state index is 5.46. The van der Waals surface area contributed by atoms with Crippen LogP contribution in [0.15, 0.2) is 24.3 Å². The number of hydrogen-bond donors (Lipinski definition) is 1. The molecule has 0 aliphatic heterocycles. The molecule has 0 fully saturated rings. The second-order valence-corrected chi connectivity index (χ2v) is 5.92. The molecule has 1 aromatic heterocycles. The van der Waals surface area contributed by atoms with Crippen molar-refractivity contribution in [3.63, 3.8) is 0 Å². The van der Waals surface area contributed by atoms with Crippen LogP contribution in [0.5, 0.6) is 0 Å². The van der Waals surface area contributed by atoms with Gasteiger partial charge < -0.3 is 5.32 Å². The molecule has 1 N–H and O–H groups in total. The highest BCUT2D eigenvalue weighted by Crippen LogP contribution is 2.32. The standard InChI is InChI=1S/C17H22N2S/c1-4-11-19(6-3)13-15-14-9-7-8-10-16(14)20-17(15)12-18-5-2/h1,7-10,18H,5-6,11-13H2,2-3H3. The smallest absolute Gasteiger partial charge is 0.0601 e. The molecule has 0 radical (unpaired) electrons. The molecular weight excluding hydrogens is 264 g/mol. The van der Waals surface area contributed by atoms with E-state index in [1.54, 1.807) is 0 Å². The second-order valence-electron chi connectivity index (χ2n) is 4.79. The van der Waals surface area contributed by atoms with Crippen LogP contribution in [0.1, 0.15) is 24.3 Å². The number of thiophene rings is 1. The number of nitrogens with zero attached hydrogens (tertiary/aromatic N) is 1. The van der Waals surface area contributed by atoms with Crippen molar-refractivity contribution in [2.45, 2.75) is 26.9 Å². The molecule has 0 saturated heterocycles. The van der Waals surface area contributed by atoms with Crippen LogP contribution in [0.2, 0.25) is 0 Å². The molecule has 0 bridgehead atoms. The maximum Gasteiger partial charge on any atom is 0.0601 e. The van der Waals surface area contributed by atoms with Crippen LogP contribution < -0.4 is 5.32 Å². The normalized spacial score (nSPS) is 11.1. The van der Waals surface area contributed by atoms with Crippen molar-refractivity contribution < 1.29 is 0 Å². The third kappa shape index (κ3) is 3.40. The predicted octanol–water partition coefficient (Wildman–Crippen LogP) is 3.47. The predicted molar refractivity (Wildman–Crippen MR) is 89.0 cm³/mol. The number of benzene rings is 1. The number of terminal acetylenes is 1. The molecule has 0 amide bonds. The van der Waals surface area contributed by atoms with Gasteiger partial charge in [-0.15, -0.1) is 17.8 Å². The van der Waals surface area contributed by atoms with Crippen LogP contribution in [-0.2, 0) is 13.1 Å². The zero-order chi connectivity index (χ0) is 14.4. The van der Waals surface area contributed by atoms with Gasteiger partial charge in [-0.25, -0.2) is 0 Å². The van der Waals surface area contributed by atoms with Crippen molar-refractivity contribution >= 4 is 21.4 Å². The first-order valence-electron chi connectivity index (χ1n) is 7.15. The Hall–Kier alpha value is -1.34. The summed E-state index contributed by atoms with van der Waals surface area (Å²) in [5, 5.41) is 4.82. The minimum atomic E-state index is 0.710. The topological polar surface area (TPSA) is 15.3 Å². The number of fused-ring (bicyclic) bond motifs is 1. The van der Waals surface area contributed by atoms with Crippen LogP contribution in [0, 0.1) is 12.3 Å². The Labute approximate surface area is 125 Å². The molecule has 0 saturated carbocycles. The van der Waals surface area contributed by atoms with E-state index in [4.69, 9.17) is 6.42 Å². The summed E-state index contributed by atoms with van der Waals surface area (Å²) in [6.45, 7) is 8.87. The molecule has 2 aromatic rings. The molecule has 1 heterocycles. The fourth-order valence-electron chi connectivity index (χ4n) is 2.34. The highest BCUT2D eigenvalue weighted by molar-refractivity contribution is 7.19. The van der Waals surface area contributed by atoms with Gasteiger partial charge in [-0.1, -0.05) is 38.0 Å². The molecule has 0 aliphatic rings. The maximum atomic E-state index is 5.46. The van der Waals surface area contributed by atoms with Gasteiger partial charge >= 0.3 is 0 Å². The number of nitrogens with one attached hydrogen (secondary N) is 1. The van der Waals surface area contributed by atoms with Gasteiger partial charge in [-0.05, 0) is 30.1 Å². The minimum Gasteiger partial charge on any atom is -0.312 e. The molecule has 1 aromatic carbocycles. The summed E-state index contributed by atoms with van der Waals surface area (Å²) in [7, 11) is 0. The Morgan fingerprint density at radius 1 is 1.30 bits per heavy atom. The first kappa shape index (κ1) is 15.1. The average molecular weight is 286 g/mol. The molecule has 106 valence electrons. The van der Waals surface area contributed by atoms with E-state index >= 15 is 0 Å². The van der Waals surface area contributed by atoms with Crippen molar-refractivity contribution in [3.8, 4) is 12.3 Å². The summed E-state index contributed by atoms with van der Waals surface area (Å²) in [5.74, 6) is 2.76. The van der Waals surface area contributed by atoms with Gasteiger partial charge in [0.2, 0.25) is 0 Å². The van der Waals surface area contributed by atoms with Gasteiger partial charge in [0, 0.05) is 22.7 Å². The van der Waals surface area contributed by atoms with Crippen molar-refractivity contribution in [3.05, 3.63) is 34.7 Å². The molecule has 2 rings (SSSR count). The lowest BCUT2D eigenvalue weighted by Crippen LogP contribution is -2.24. The van der Waals surface area contributed by atoms with Gasteiger partial charge in [-0.3, -0.25) is 4.90 Å². The Morgan fingerprint density at radius 2 is 2.10 bits per heavy atom. The molecule has 2 nitrogen and oxygen atoms in total. The summed E-state index contributed by atoms with van der Waals surface area (Å²) in [4.78, 5) is 3.74. The average Bonchev–Trinajstić information content (AvgIpc) is 2.82. The quantitative estimate of drug-likeness (QED) is 0.784. The van der Waals surface area contributed by atoms with Crippen molar-refractivity contribution in [2.24, 2.45) is 0 Å². The van der Waals surface area contributed by atoms with E-state index in [9.17, 15) is 0 Å². The Bertz CT molecular complexity index is 595. The van der Waals surface area contributed by atoms with E-state index < -0.39 is 0 Å². The third-order valence-corrected chi connectivity index (χ3v) is 4.67. The zero-order valence-electron chi connectivity index (χ0n) is 12.3. The van der Waals surface area contributed by atoms with E-state index in [1.165, 1.54) is 20.5 Å². The lowest BCUT2D eigenvalue weighted by Gasteiger charge is -2.18. The minimum absolute atomic E-state index is 0.710. The van der Waals surface area contributed by atoms with E-state index in [0.29, 0.717) is 6.54 Å². The Balaban J connectivity index is 2.34. The fourth-order valence-corrected chi connectivity index (χ4v) is 3.52. The van der Waals surface area contributed by atoms with Crippen LogP contribution in [0.25, 0.3) is 10.1 Å². The van der Waals surface area contributed by atoms with Gasteiger partial charge in [0.25, 0.3) is 0 Å². The van der Waals surface area contributed by atoms with Gasteiger partial charge in [-0.2, -0.15) is 0 Å². The Kier molecular flexibility index (Phi) is 5.60. The molecule has 0 aliphatic carbocycles. The summed E-state index contributed by atoms with van der Waals surface area (Å²) in [6.07, 6.45) is 5.46. The number of hydrogen-bond acceptors (Lipinski definition) is 3. The first-order valence-corrected chi connectivity index (χ1v) is 7.97. The highest BCUT2D eigenvalue weighted by Gasteiger charge is 2.13. The SMILES string of the molecule is C#CCN(CC)Cc1c(CNCC)sc2ccccc12. The lowest BCUT2D eigenvalue weighted by atomic mass is 10.1. The van der Waals surface area contributed by atoms with Gasteiger partial charge in [0.05, 0.1) is 6.54 Å². The summed E-state index contributed by atoms with van der Waals surface area (Å²) < 4.78 is 1.37. The van der Waals surface area contributed by atoms with E-state index in [1.807, 2.05) is 11.3 Å². The van der Waals surface area contributed by atoms with Gasteiger partial charge in [0.15, 0.2) is 0 Å². The Morgan fingerprint density at radius 3 is 2.80 bits per heavy atom. The molecule has 0 spiro atoms. The van der Waals surface area contributed by atoms with Crippen molar-refractivity contribution in [2.75, 3.05) is 19.6 Å². The van der Waals surface area contributed by atoms with E-state index in [-0.39, 0.29) is 0 Å². The van der Waals surface area contributed by atoms with Gasteiger partial charge in [0.1, 0.15) is 0 Å². The van der Waals surface area contributed by atoms with Crippen LogP contribution in [0.4, 0.5) is 0 Å². The summed E-state index contributed by atoms with van der Waals surface area (Å²) in [6, 6.07) is 8.66. The van der Waals surface area contributed by atoms with Crippen molar-refractivity contribution in [1.29, 1.82) is 0 Å². The lowest BCUT2D eigenvalue weighted by molar-refractivity contribution is 0.316. The fraction of sp³-hybridized carbons (Fsp3) is 0.412. The molecule has 3 heteroatoms. The zero-order valence-corrected chi connectivity index (χ0v) is 13.1. The monoisotopic (exact) mass is 286 g/mol. The summed E-state index contributed by atoms with van der Waals surface area (Å²) in [5.41, 5.74) is 1.43. The van der Waals surface area contributed by atoms with Crippen LogP contribution in [-0.4, -0.2) is 24.5 Å². The summed E-state index contributed by atoms with van der Waals surface area (Å²) >= 11 is 1.89. The highest BCUT2D eigenvalue weighted by atomic mass is 32.1. The molecular formula is C17H22N2S. The second kappa shape index (κ2) is 7.44. The van der Waals surface area contributed by atoms with E-state index in [2.05, 4.69) is 54.3 Å². The molecule has 20 heavy (non-hydrogen) atoms. The number of rotatable bonds is 7. The largest absolute Gasteiger partial charge is 0.312 e. The molecule has 0 unspecified atom stereocenters. The van der Waals surface area contributed by atoms with Crippen molar-refractivity contribution in [1.82, 2.24) is 10.2 Å². The van der Waals surface area contributed by atoms with Crippen LogP contribution >= 0.6 is 11.3 Å². The van der Waals surface area contributed by atoms with E-state index in [0.717, 1.165) is 26.2 Å². The third-order valence-electron chi connectivity index (χ3n) is 3.46. The first-order chi connectivity index (χ1) is 9.80. The molecule has 0 atom stereocenters. The van der Waals surface area contributed by atoms with Crippen LogP contribution in [0.3, 0.4) is 0 Å².